The van der Waals surface area contributed by atoms with Gasteiger partial charge in [-0.3, -0.25) is 0 Å². The number of nitrogens with one attached hydrogen (secondary N) is 1. The summed E-state index contributed by atoms with van der Waals surface area (Å²) in [4.78, 5) is 0. The molecule has 1 N–H and O–H groups in total. The molecule has 0 bridgehead atoms. The Labute approximate surface area is 103 Å². The zero-order chi connectivity index (χ0) is 11.2. The highest BCUT2D eigenvalue weighted by molar-refractivity contribution is 7.97. The number of hydrogen-bond acceptors (Lipinski definition) is 5. The lowest BCUT2D eigenvalue weighted by atomic mass is 10.2. The lowest BCUT2D eigenvalue weighted by molar-refractivity contribution is 1.07. The van der Waals surface area contributed by atoms with Crippen molar-refractivity contribution >= 4 is 28.3 Å². The molecule has 0 saturated carbocycles. The van der Waals surface area contributed by atoms with Gasteiger partial charge in [0.25, 0.3) is 0 Å². The minimum Gasteiger partial charge on any atom is -0.377 e. The Hall–Kier alpha value is -1.07. The number of aromatic nitrogens is 2. The third-order valence-electron chi connectivity index (χ3n) is 2.13. The summed E-state index contributed by atoms with van der Waals surface area (Å²) in [5.41, 5.74) is 2.40. The van der Waals surface area contributed by atoms with Crippen LogP contribution in [0, 0.1) is 0 Å². The fraction of sp³-hybridized carbons (Fsp3) is 0.273. The molecule has 2 rings (SSSR count). The van der Waals surface area contributed by atoms with Crippen molar-refractivity contribution in [2.75, 3.05) is 12.4 Å². The minimum absolute atomic E-state index is 0.904. The monoisotopic (exact) mass is 251 g/mol. The maximum absolute atomic E-state index is 4.10. The smallest absolute Gasteiger partial charge is 0.133 e. The Morgan fingerprint density at radius 1 is 1.25 bits per heavy atom. The van der Waals surface area contributed by atoms with E-state index in [-0.39, 0.29) is 0 Å². The molecule has 0 radical (unpaired) electrons. The summed E-state index contributed by atoms with van der Waals surface area (Å²) in [6.45, 7) is 0. The summed E-state index contributed by atoms with van der Waals surface area (Å²) in [6.07, 6.45) is 0. The number of benzene rings is 1. The van der Waals surface area contributed by atoms with Crippen LogP contribution < -0.4 is 5.32 Å². The first-order valence-electron chi connectivity index (χ1n) is 5.01. The van der Waals surface area contributed by atoms with Crippen LogP contribution in [-0.4, -0.2) is 16.6 Å². The first-order valence-corrected chi connectivity index (χ1v) is 6.93. The Morgan fingerprint density at radius 3 is 2.81 bits per heavy atom. The van der Waals surface area contributed by atoms with Gasteiger partial charge in [0.2, 0.25) is 0 Å². The van der Waals surface area contributed by atoms with Crippen molar-refractivity contribution in [1.82, 2.24) is 9.59 Å². The van der Waals surface area contributed by atoms with Crippen LogP contribution in [0.3, 0.4) is 0 Å². The molecule has 0 aliphatic heterocycles. The molecule has 16 heavy (non-hydrogen) atoms. The van der Waals surface area contributed by atoms with Gasteiger partial charge in [0.1, 0.15) is 10.7 Å². The fourth-order valence-corrected chi connectivity index (χ4v) is 2.88. The molecule has 3 nitrogen and oxygen atoms in total. The van der Waals surface area contributed by atoms with Crippen LogP contribution in [0.1, 0.15) is 11.3 Å². The van der Waals surface area contributed by atoms with Crippen LogP contribution in [0.5, 0.6) is 0 Å². The van der Waals surface area contributed by atoms with Gasteiger partial charge in [0, 0.05) is 30.1 Å². The van der Waals surface area contributed by atoms with E-state index < -0.39 is 0 Å². The molecule has 0 fully saturated rings. The largest absolute Gasteiger partial charge is 0.377 e. The summed E-state index contributed by atoms with van der Waals surface area (Å²) >= 11 is 3.27. The highest BCUT2D eigenvalue weighted by Gasteiger charge is 2.05. The maximum Gasteiger partial charge on any atom is 0.133 e. The Bertz CT molecular complexity index is 428. The predicted octanol–water partition coefficient (Wildman–Crippen LogP) is 3.01. The molecule has 0 atom stereocenters. The second-order valence-corrected chi connectivity index (χ2v) is 5.02. The Kier molecular flexibility index (Phi) is 4.18. The number of hydrogen-bond donors (Lipinski definition) is 1. The zero-order valence-electron chi connectivity index (χ0n) is 9.01. The minimum atomic E-state index is 0.904. The standard InChI is InChI=1S/C11H13N3S2/c1-12-11-10(13-14-16-11)8-15-7-9-5-3-2-4-6-9/h2-6,12H,7-8H2,1H3. The van der Waals surface area contributed by atoms with Crippen LogP contribution in [0.25, 0.3) is 0 Å². The van der Waals surface area contributed by atoms with Crippen LogP contribution >= 0.6 is 23.3 Å². The first-order chi connectivity index (χ1) is 7.90. The van der Waals surface area contributed by atoms with Crippen molar-refractivity contribution in [2.24, 2.45) is 0 Å². The molecule has 0 spiro atoms. The molecule has 0 saturated heterocycles. The molecule has 0 aliphatic carbocycles. The molecule has 0 aliphatic rings. The van der Waals surface area contributed by atoms with Gasteiger partial charge in [-0.2, -0.15) is 11.8 Å². The van der Waals surface area contributed by atoms with Gasteiger partial charge in [-0.15, -0.1) is 5.10 Å². The second-order valence-electron chi connectivity index (χ2n) is 3.28. The van der Waals surface area contributed by atoms with Gasteiger partial charge in [-0.25, -0.2) is 0 Å². The predicted molar refractivity (Wildman–Crippen MR) is 70.9 cm³/mol. The van der Waals surface area contributed by atoms with Crippen molar-refractivity contribution in [3.8, 4) is 0 Å². The highest BCUT2D eigenvalue weighted by Crippen LogP contribution is 2.23. The molecule has 84 valence electrons. The van der Waals surface area contributed by atoms with Crippen LogP contribution in [0.2, 0.25) is 0 Å². The number of anilines is 1. The van der Waals surface area contributed by atoms with Gasteiger partial charge >= 0.3 is 0 Å². The maximum atomic E-state index is 4.10. The molecule has 1 heterocycles. The van der Waals surface area contributed by atoms with Crippen molar-refractivity contribution in [3.63, 3.8) is 0 Å². The van der Waals surface area contributed by atoms with E-state index in [1.165, 1.54) is 17.1 Å². The van der Waals surface area contributed by atoms with Crippen molar-refractivity contribution < 1.29 is 0 Å². The van der Waals surface area contributed by atoms with Crippen molar-refractivity contribution in [3.05, 3.63) is 41.6 Å². The van der Waals surface area contributed by atoms with E-state index in [1.807, 2.05) is 24.9 Å². The van der Waals surface area contributed by atoms with E-state index in [0.29, 0.717) is 0 Å². The van der Waals surface area contributed by atoms with Gasteiger partial charge in [-0.05, 0) is 5.56 Å². The average molecular weight is 251 g/mol. The second kappa shape index (κ2) is 5.86. The van der Waals surface area contributed by atoms with Crippen LogP contribution in [0.15, 0.2) is 30.3 Å². The third kappa shape index (κ3) is 2.96. The molecule has 1 aromatic carbocycles. The summed E-state index contributed by atoms with van der Waals surface area (Å²) in [6, 6.07) is 10.5. The fourth-order valence-electron chi connectivity index (χ4n) is 1.33. The van der Waals surface area contributed by atoms with Gasteiger partial charge in [0.15, 0.2) is 0 Å². The lowest BCUT2D eigenvalue weighted by Gasteiger charge is -2.01. The number of thioether (sulfide) groups is 1. The SMILES string of the molecule is CNc1snnc1CSCc1ccccc1. The van der Waals surface area contributed by atoms with Gasteiger partial charge in [-0.1, -0.05) is 34.8 Å². The Morgan fingerprint density at radius 2 is 2.06 bits per heavy atom. The van der Waals surface area contributed by atoms with Gasteiger partial charge < -0.3 is 5.32 Å². The van der Waals surface area contributed by atoms with E-state index in [0.717, 1.165) is 22.2 Å². The van der Waals surface area contributed by atoms with Crippen LogP contribution in [0.4, 0.5) is 5.00 Å². The first kappa shape index (κ1) is 11.4. The Balaban J connectivity index is 1.85. The molecule has 0 amide bonds. The number of rotatable bonds is 5. The summed E-state index contributed by atoms with van der Waals surface area (Å²) in [5.74, 6) is 1.92. The quantitative estimate of drug-likeness (QED) is 0.886. The van der Waals surface area contributed by atoms with Crippen molar-refractivity contribution in [2.45, 2.75) is 11.5 Å². The molecular weight excluding hydrogens is 238 g/mol. The van der Waals surface area contributed by atoms with E-state index >= 15 is 0 Å². The summed E-state index contributed by atoms with van der Waals surface area (Å²) < 4.78 is 3.93. The van der Waals surface area contributed by atoms with Crippen LogP contribution in [-0.2, 0) is 11.5 Å². The average Bonchev–Trinajstić information content (AvgIpc) is 2.78. The summed E-state index contributed by atoms with van der Waals surface area (Å²) in [5, 5.41) is 8.28. The molecule has 1 aromatic heterocycles. The third-order valence-corrected chi connectivity index (χ3v) is 3.93. The van der Waals surface area contributed by atoms with E-state index in [2.05, 4.69) is 39.2 Å². The molecule has 5 heteroatoms. The topological polar surface area (TPSA) is 37.8 Å². The highest BCUT2D eigenvalue weighted by atomic mass is 32.2. The van der Waals surface area contributed by atoms with E-state index in [1.54, 1.807) is 0 Å². The lowest BCUT2D eigenvalue weighted by Crippen LogP contribution is -1.91. The summed E-state index contributed by atoms with van der Waals surface area (Å²) in [7, 11) is 1.90. The number of nitrogens with zero attached hydrogens (tertiary/aromatic N) is 2. The molecule has 2 aromatic rings. The molecule has 0 unspecified atom stereocenters. The van der Waals surface area contributed by atoms with Gasteiger partial charge in [0.05, 0.1) is 0 Å². The zero-order valence-corrected chi connectivity index (χ0v) is 10.6. The molecular formula is C11H13N3S2. The van der Waals surface area contributed by atoms with E-state index in [9.17, 15) is 0 Å². The van der Waals surface area contributed by atoms with E-state index in [4.69, 9.17) is 0 Å². The normalized spacial score (nSPS) is 10.3. The van der Waals surface area contributed by atoms with Crippen molar-refractivity contribution in [1.29, 1.82) is 0 Å².